The van der Waals surface area contributed by atoms with Crippen molar-refractivity contribution in [2.75, 3.05) is 26.2 Å². The van der Waals surface area contributed by atoms with E-state index in [2.05, 4.69) is 10.4 Å². The van der Waals surface area contributed by atoms with Gasteiger partial charge in [0, 0.05) is 37.5 Å². The number of hydrogen-bond donors (Lipinski definition) is 1. The highest BCUT2D eigenvalue weighted by molar-refractivity contribution is 5.92. The van der Waals surface area contributed by atoms with Crippen LogP contribution in [0.25, 0.3) is 5.69 Å². The van der Waals surface area contributed by atoms with Crippen molar-refractivity contribution >= 4 is 24.0 Å². The maximum atomic E-state index is 12.8. The van der Waals surface area contributed by atoms with Crippen molar-refractivity contribution in [1.29, 1.82) is 0 Å². The number of amides is 1. The summed E-state index contributed by atoms with van der Waals surface area (Å²) in [5.41, 5.74) is -0.237. The molecule has 0 aliphatic carbocycles. The second-order valence-corrected chi connectivity index (χ2v) is 6.05. The number of rotatable bonds is 3. The van der Waals surface area contributed by atoms with Crippen LogP contribution < -0.4 is 10.7 Å². The first-order chi connectivity index (χ1) is 12.5. The number of para-hydroxylation sites is 2. The number of carbonyl (C=O) groups excluding carboxylic acids is 1. The summed E-state index contributed by atoms with van der Waals surface area (Å²) in [6, 6.07) is 7.37. The number of nitro benzene ring substituents is 1. The highest BCUT2D eigenvalue weighted by Gasteiger charge is 2.24. The van der Waals surface area contributed by atoms with Crippen LogP contribution >= 0.6 is 12.4 Å². The Balaban J connectivity index is 0.00000261. The number of hydrogen-bond acceptors (Lipinski definition) is 6. The maximum absolute atomic E-state index is 12.8. The van der Waals surface area contributed by atoms with Crippen LogP contribution in [0.2, 0.25) is 0 Å². The first-order valence-corrected chi connectivity index (χ1v) is 8.34. The van der Waals surface area contributed by atoms with Crippen LogP contribution in [-0.4, -0.2) is 51.7 Å². The number of carbonyl (C=O) groups is 1. The summed E-state index contributed by atoms with van der Waals surface area (Å²) in [6.45, 7) is 4.10. The molecule has 1 fully saturated rings. The third-order valence-electron chi connectivity index (χ3n) is 4.24. The molecule has 9 nitrogen and oxygen atoms in total. The van der Waals surface area contributed by atoms with E-state index in [1.54, 1.807) is 24.0 Å². The topological polar surface area (TPSA) is 110 Å². The van der Waals surface area contributed by atoms with Gasteiger partial charge in [-0.25, -0.2) is 4.68 Å². The molecule has 1 saturated heterocycles. The van der Waals surface area contributed by atoms with Crippen molar-refractivity contribution in [3.8, 4) is 5.69 Å². The average molecular weight is 394 g/mol. The molecule has 2 heterocycles. The minimum atomic E-state index is -0.517. The lowest BCUT2D eigenvalue weighted by Gasteiger charge is -2.20. The summed E-state index contributed by atoms with van der Waals surface area (Å²) in [5, 5.41) is 18.7. The largest absolute Gasteiger partial charge is 0.336 e. The van der Waals surface area contributed by atoms with Gasteiger partial charge in [-0.3, -0.25) is 19.7 Å². The van der Waals surface area contributed by atoms with Crippen LogP contribution in [0.4, 0.5) is 5.69 Å². The number of benzene rings is 1. The minimum Gasteiger partial charge on any atom is -0.336 e. The molecule has 1 N–H and O–H groups in total. The summed E-state index contributed by atoms with van der Waals surface area (Å²) in [4.78, 5) is 37.5. The van der Waals surface area contributed by atoms with Gasteiger partial charge in [0.15, 0.2) is 5.69 Å². The number of aromatic nitrogens is 2. The molecule has 3 rings (SSSR count). The normalized spacial score (nSPS) is 14.2. The van der Waals surface area contributed by atoms with Crippen molar-refractivity contribution in [2.24, 2.45) is 0 Å². The highest BCUT2D eigenvalue weighted by Crippen LogP contribution is 2.22. The molecule has 0 spiro atoms. The zero-order valence-corrected chi connectivity index (χ0v) is 15.6. The summed E-state index contributed by atoms with van der Waals surface area (Å²) in [6.07, 6.45) is 0.788. The number of halogens is 1. The number of nitrogens with zero attached hydrogens (tertiary/aromatic N) is 4. The molecule has 144 valence electrons. The summed E-state index contributed by atoms with van der Waals surface area (Å²) >= 11 is 0. The van der Waals surface area contributed by atoms with Crippen LogP contribution in [-0.2, 0) is 0 Å². The van der Waals surface area contributed by atoms with E-state index in [0.29, 0.717) is 25.3 Å². The molecular formula is C17H20ClN5O4. The van der Waals surface area contributed by atoms with Crippen LogP contribution in [0.15, 0.2) is 35.1 Å². The van der Waals surface area contributed by atoms with Crippen molar-refractivity contribution < 1.29 is 9.72 Å². The summed E-state index contributed by atoms with van der Waals surface area (Å²) in [7, 11) is 0. The molecule has 0 bridgehead atoms. The molecule has 1 aromatic heterocycles. The number of nitro groups is 1. The van der Waals surface area contributed by atoms with Gasteiger partial charge in [-0.05, 0) is 26.0 Å². The van der Waals surface area contributed by atoms with Gasteiger partial charge in [0.2, 0.25) is 5.43 Å². The van der Waals surface area contributed by atoms with Crippen LogP contribution in [0, 0.1) is 17.0 Å². The van der Waals surface area contributed by atoms with Gasteiger partial charge in [-0.15, -0.1) is 12.4 Å². The monoisotopic (exact) mass is 393 g/mol. The molecule has 1 aliphatic heterocycles. The second kappa shape index (κ2) is 8.74. The van der Waals surface area contributed by atoms with Gasteiger partial charge in [-0.2, -0.15) is 5.10 Å². The Bertz CT molecular complexity index is 906. The Labute approximate surface area is 161 Å². The Hall–Kier alpha value is -2.78. The maximum Gasteiger partial charge on any atom is 0.294 e. The Morgan fingerprint density at radius 2 is 2.00 bits per heavy atom. The second-order valence-electron chi connectivity index (χ2n) is 6.05. The van der Waals surface area contributed by atoms with Crippen LogP contribution in [0.3, 0.4) is 0 Å². The van der Waals surface area contributed by atoms with Gasteiger partial charge < -0.3 is 10.2 Å². The smallest absolute Gasteiger partial charge is 0.294 e. The average Bonchev–Trinajstić information content (AvgIpc) is 2.91. The van der Waals surface area contributed by atoms with E-state index in [9.17, 15) is 19.7 Å². The third-order valence-corrected chi connectivity index (χ3v) is 4.24. The molecule has 1 aromatic carbocycles. The van der Waals surface area contributed by atoms with E-state index in [1.165, 1.54) is 22.9 Å². The summed E-state index contributed by atoms with van der Waals surface area (Å²) < 4.78 is 1.28. The van der Waals surface area contributed by atoms with Crippen molar-refractivity contribution in [3.63, 3.8) is 0 Å². The predicted molar refractivity (Wildman–Crippen MR) is 102 cm³/mol. The van der Waals surface area contributed by atoms with Crippen LogP contribution in [0.1, 0.15) is 22.6 Å². The Kier molecular flexibility index (Phi) is 6.65. The van der Waals surface area contributed by atoms with E-state index < -0.39 is 16.3 Å². The zero-order valence-electron chi connectivity index (χ0n) is 14.8. The van der Waals surface area contributed by atoms with Gasteiger partial charge in [0.1, 0.15) is 5.69 Å². The third kappa shape index (κ3) is 4.32. The lowest BCUT2D eigenvalue weighted by atomic mass is 10.2. The first kappa shape index (κ1) is 20.5. The lowest BCUT2D eigenvalue weighted by molar-refractivity contribution is -0.384. The molecule has 0 atom stereocenters. The molecule has 1 amide bonds. The quantitative estimate of drug-likeness (QED) is 0.621. The fourth-order valence-corrected chi connectivity index (χ4v) is 2.94. The van der Waals surface area contributed by atoms with Gasteiger partial charge in [0.05, 0.1) is 4.92 Å². The Morgan fingerprint density at radius 1 is 1.26 bits per heavy atom. The summed E-state index contributed by atoms with van der Waals surface area (Å²) in [5.74, 6) is -0.453. The molecule has 0 radical (unpaired) electrons. The van der Waals surface area contributed by atoms with E-state index in [0.717, 1.165) is 13.0 Å². The SMILES string of the molecule is Cc1cc(=O)c(C(=O)N2CCCNCC2)nn1-c1ccccc1[N+](=O)[O-].Cl. The minimum absolute atomic E-state index is 0. The van der Waals surface area contributed by atoms with Crippen molar-refractivity contribution in [1.82, 2.24) is 20.0 Å². The van der Waals surface area contributed by atoms with Gasteiger partial charge in [-0.1, -0.05) is 12.1 Å². The molecule has 0 saturated carbocycles. The highest BCUT2D eigenvalue weighted by atomic mass is 35.5. The number of nitrogens with one attached hydrogen (secondary N) is 1. The molecule has 10 heteroatoms. The van der Waals surface area contributed by atoms with Crippen molar-refractivity contribution in [3.05, 3.63) is 62.1 Å². The number of aryl methyl sites for hydroxylation is 1. The standard InChI is InChI=1S/C17H19N5O4.ClH/c1-12-11-15(23)16(17(24)20-9-4-7-18-8-10-20)19-21(12)13-5-2-3-6-14(13)22(25)26;/h2-3,5-6,11,18H,4,7-10H2,1H3;1H. The van der Waals surface area contributed by atoms with E-state index in [-0.39, 0.29) is 29.5 Å². The predicted octanol–water partition coefficient (Wildman–Crippen LogP) is 1.31. The van der Waals surface area contributed by atoms with Crippen LogP contribution in [0.5, 0.6) is 0 Å². The van der Waals surface area contributed by atoms with E-state index in [4.69, 9.17) is 0 Å². The van der Waals surface area contributed by atoms with E-state index >= 15 is 0 Å². The molecule has 1 aliphatic rings. The van der Waals surface area contributed by atoms with Gasteiger partial charge in [0.25, 0.3) is 11.6 Å². The molecular weight excluding hydrogens is 374 g/mol. The molecule has 27 heavy (non-hydrogen) atoms. The fourth-order valence-electron chi connectivity index (χ4n) is 2.94. The zero-order chi connectivity index (χ0) is 18.7. The van der Waals surface area contributed by atoms with Gasteiger partial charge >= 0.3 is 0 Å². The lowest BCUT2D eigenvalue weighted by Crippen LogP contribution is -2.38. The Morgan fingerprint density at radius 3 is 2.74 bits per heavy atom. The van der Waals surface area contributed by atoms with E-state index in [1.807, 2.05) is 0 Å². The fraction of sp³-hybridized carbons (Fsp3) is 0.353. The molecule has 0 unspecified atom stereocenters. The first-order valence-electron chi connectivity index (χ1n) is 8.34. The molecule has 2 aromatic rings. The van der Waals surface area contributed by atoms with Crippen molar-refractivity contribution in [2.45, 2.75) is 13.3 Å².